The number of esters is 1. The molecule has 0 atom stereocenters. The lowest BCUT2D eigenvalue weighted by atomic mass is 10.2. The van der Waals surface area contributed by atoms with Gasteiger partial charge in [-0.15, -0.1) is 5.10 Å². The zero-order valence-electron chi connectivity index (χ0n) is 14.7. The Labute approximate surface area is 152 Å². The predicted octanol–water partition coefficient (Wildman–Crippen LogP) is 0.663. The molecule has 0 N–H and O–H groups in total. The lowest BCUT2D eigenvalue weighted by Crippen LogP contribution is -2.25. The van der Waals surface area contributed by atoms with Crippen LogP contribution in [0.15, 0.2) is 41.6 Å². The van der Waals surface area contributed by atoms with Gasteiger partial charge in [-0.05, 0) is 12.1 Å². The Hall–Kier alpha value is -3.53. The van der Waals surface area contributed by atoms with Crippen LogP contribution in [0.4, 0.5) is 0 Å². The fraction of sp³-hybridized carbons (Fsp3) is 0.235. The Morgan fingerprint density at radius 1 is 1.19 bits per heavy atom. The lowest BCUT2D eigenvalue weighted by molar-refractivity contribution is 0.0594. The van der Waals surface area contributed by atoms with Crippen molar-refractivity contribution in [1.82, 2.24) is 28.9 Å². The number of carbonyl (C=O) groups excluding carboxylic acids is 1. The van der Waals surface area contributed by atoms with Crippen LogP contribution in [0, 0.1) is 0 Å². The average molecular weight is 368 g/mol. The smallest absolute Gasteiger partial charge is 0.360 e. The highest BCUT2D eigenvalue weighted by atomic mass is 16.5. The molecule has 0 radical (unpaired) electrons. The number of methoxy groups -OCH3 is 2. The number of fused-ring (bicyclic) bond motifs is 3. The minimum absolute atomic E-state index is 0.0270. The van der Waals surface area contributed by atoms with E-state index in [1.54, 1.807) is 22.4 Å². The van der Waals surface area contributed by atoms with Crippen molar-refractivity contribution in [3.63, 3.8) is 0 Å². The summed E-state index contributed by atoms with van der Waals surface area (Å²) in [6.45, 7) is 0.779. The summed E-state index contributed by atoms with van der Waals surface area (Å²) in [4.78, 5) is 29.1. The Morgan fingerprint density at radius 2 is 1.96 bits per heavy atom. The topological polar surface area (TPSA) is 106 Å². The fourth-order valence-electron chi connectivity index (χ4n) is 2.99. The summed E-state index contributed by atoms with van der Waals surface area (Å²) in [6, 6.07) is 7.53. The molecule has 0 spiro atoms. The third kappa shape index (κ3) is 2.66. The molecule has 0 aliphatic carbocycles. The van der Waals surface area contributed by atoms with E-state index in [1.165, 1.54) is 18.0 Å². The first kappa shape index (κ1) is 16.9. The van der Waals surface area contributed by atoms with Crippen molar-refractivity contribution in [2.75, 3.05) is 20.8 Å². The van der Waals surface area contributed by atoms with E-state index in [4.69, 9.17) is 4.74 Å². The van der Waals surface area contributed by atoms with Gasteiger partial charge >= 0.3 is 5.97 Å². The second kappa shape index (κ2) is 6.65. The summed E-state index contributed by atoms with van der Waals surface area (Å²) < 4.78 is 14.4. The molecule has 0 saturated carbocycles. The van der Waals surface area contributed by atoms with Crippen molar-refractivity contribution in [1.29, 1.82) is 0 Å². The molecule has 0 bridgehead atoms. The number of nitrogens with zero attached hydrogens (tertiary/aromatic N) is 6. The second-order valence-corrected chi connectivity index (χ2v) is 5.77. The molecule has 0 fully saturated rings. The zero-order chi connectivity index (χ0) is 19.0. The van der Waals surface area contributed by atoms with Gasteiger partial charge in [-0.25, -0.2) is 9.78 Å². The number of hydrogen-bond donors (Lipinski definition) is 0. The van der Waals surface area contributed by atoms with E-state index in [-0.39, 0.29) is 17.1 Å². The number of benzene rings is 1. The van der Waals surface area contributed by atoms with Crippen LogP contribution >= 0.6 is 0 Å². The average Bonchev–Trinajstić information content (AvgIpc) is 3.34. The third-order valence-corrected chi connectivity index (χ3v) is 4.25. The second-order valence-electron chi connectivity index (χ2n) is 5.77. The Balaban J connectivity index is 1.99. The Morgan fingerprint density at radius 3 is 2.70 bits per heavy atom. The highest BCUT2D eigenvalue weighted by Crippen LogP contribution is 2.18. The number of ether oxygens (including phenoxy) is 2. The van der Waals surface area contributed by atoms with Gasteiger partial charge in [0.15, 0.2) is 17.0 Å². The fourth-order valence-corrected chi connectivity index (χ4v) is 2.99. The number of rotatable bonds is 5. The molecule has 0 aliphatic heterocycles. The van der Waals surface area contributed by atoms with Gasteiger partial charge < -0.3 is 14.0 Å². The summed E-state index contributed by atoms with van der Waals surface area (Å²) in [5.41, 5.74) is 1.69. The zero-order valence-corrected chi connectivity index (χ0v) is 14.7. The first-order valence-corrected chi connectivity index (χ1v) is 8.14. The van der Waals surface area contributed by atoms with E-state index >= 15 is 0 Å². The van der Waals surface area contributed by atoms with Gasteiger partial charge in [-0.3, -0.25) is 9.20 Å². The van der Waals surface area contributed by atoms with Gasteiger partial charge in [0.25, 0.3) is 5.56 Å². The molecule has 10 nitrogen and oxygen atoms in total. The van der Waals surface area contributed by atoms with Crippen molar-refractivity contribution < 1.29 is 14.3 Å². The maximum absolute atomic E-state index is 13.2. The van der Waals surface area contributed by atoms with Crippen LogP contribution < -0.4 is 5.56 Å². The quantitative estimate of drug-likeness (QED) is 0.477. The minimum Gasteiger partial charge on any atom is -0.464 e. The summed E-state index contributed by atoms with van der Waals surface area (Å²) in [5, 5.41) is 7.68. The molecular weight excluding hydrogens is 352 g/mol. The van der Waals surface area contributed by atoms with Gasteiger partial charge in [0.05, 0.1) is 30.9 Å². The maximum atomic E-state index is 13.2. The molecule has 3 aromatic heterocycles. The summed E-state index contributed by atoms with van der Waals surface area (Å²) in [6.07, 6.45) is 2.93. The maximum Gasteiger partial charge on any atom is 0.360 e. The molecular formula is C17H16N6O4. The first-order valence-electron chi connectivity index (χ1n) is 8.14. The van der Waals surface area contributed by atoms with E-state index in [0.717, 1.165) is 11.0 Å². The Bertz CT molecular complexity index is 1210. The number of aromatic nitrogens is 6. The SMILES string of the molecule is COCCn1c(=O)c2c(-n3cc(C(=O)OC)nn3)ncn2c2ccccc21. The lowest BCUT2D eigenvalue weighted by Gasteiger charge is -2.12. The van der Waals surface area contributed by atoms with Crippen molar-refractivity contribution in [2.45, 2.75) is 6.54 Å². The van der Waals surface area contributed by atoms with Crippen molar-refractivity contribution >= 4 is 22.5 Å². The molecule has 0 unspecified atom stereocenters. The molecule has 1 aromatic carbocycles. The molecule has 27 heavy (non-hydrogen) atoms. The van der Waals surface area contributed by atoms with Crippen molar-refractivity contribution in [3.8, 4) is 5.82 Å². The number of carbonyl (C=O) groups is 1. The van der Waals surface area contributed by atoms with Crippen LogP contribution in [0.25, 0.3) is 22.4 Å². The molecule has 0 amide bonds. The van der Waals surface area contributed by atoms with Crippen molar-refractivity contribution in [3.05, 3.63) is 52.8 Å². The van der Waals surface area contributed by atoms with Gasteiger partial charge in [0.2, 0.25) is 0 Å². The highest BCUT2D eigenvalue weighted by Gasteiger charge is 2.19. The van der Waals surface area contributed by atoms with E-state index in [9.17, 15) is 9.59 Å². The first-order chi connectivity index (χ1) is 13.2. The molecule has 4 rings (SSSR count). The van der Waals surface area contributed by atoms with Crippen molar-refractivity contribution in [2.24, 2.45) is 0 Å². The van der Waals surface area contributed by atoms with Crippen LogP contribution in [0.1, 0.15) is 10.5 Å². The molecule has 4 aromatic rings. The van der Waals surface area contributed by atoms with Gasteiger partial charge in [-0.2, -0.15) is 4.68 Å². The summed E-state index contributed by atoms with van der Waals surface area (Å²) in [5.74, 6) is -0.340. The standard InChI is InChI=1S/C17H16N6O4/c1-26-8-7-21-12-5-3-4-6-13(12)22-10-18-15(14(22)16(21)24)23-9-11(19-20-23)17(25)27-2/h3-6,9-10H,7-8H2,1-2H3. The van der Waals surface area contributed by atoms with Gasteiger partial charge in [-0.1, -0.05) is 17.3 Å². The van der Waals surface area contributed by atoms with Gasteiger partial charge in [0.1, 0.15) is 6.33 Å². The number of hydrogen-bond acceptors (Lipinski definition) is 7. The molecule has 0 aliphatic rings. The molecule has 138 valence electrons. The number of para-hydroxylation sites is 2. The van der Waals surface area contributed by atoms with E-state index in [1.807, 2.05) is 24.3 Å². The van der Waals surface area contributed by atoms with Crippen LogP contribution in [0.5, 0.6) is 0 Å². The molecule has 10 heteroatoms. The highest BCUT2D eigenvalue weighted by molar-refractivity contribution is 5.87. The van der Waals surface area contributed by atoms with Crippen LogP contribution in [-0.4, -0.2) is 55.7 Å². The van der Waals surface area contributed by atoms with E-state index in [2.05, 4.69) is 20.0 Å². The van der Waals surface area contributed by atoms with Gasteiger partial charge in [0, 0.05) is 13.7 Å². The Kier molecular flexibility index (Phi) is 4.16. The number of imidazole rings is 1. The van der Waals surface area contributed by atoms with Crippen LogP contribution in [0.3, 0.4) is 0 Å². The summed E-state index contributed by atoms with van der Waals surface area (Å²) in [7, 11) is 2.84. The van der Waals surface area contributed by atoms with E-state index < -0.39 is 5.97 Å². The largest absolute Gasteiger partial charge is 0.464 e. The third-order valence-electron chi connectivity index (χ3n) is 4.25. The minimum atomic E-state index is -0.618. The molecule has 0 saturated heterocycles. The van der Waals surface area contributed by atoms with Crippen LogP contribution in [0.2, 0.25) is 0 Å². The predicted molar refractivity (Wildman–Crippen MR) is 95.1 cm³/mol. The molecule has 3 heterocycles. The summed E-state index contributed by atoms with van der Waals surface area (Å²) >= 11 is 0. The normalized spacial score (nSPS) is 11.3. The van der Waals surface area contributed by atoms with Crippen LogP contribution in [-0.2, 0) is 16.0 Å². The monoisotopic (exact) mass is 368 g/mol. The van der Waals surface area contributed by atoms with E-state index in [0.29, 0.717) is 18.7 Å².